The number of aromatic amines is 1. The molecular weight excluding hydrogens is 489 g/mol. The average molecular weight is 507 g/mol. The summed E-state index contributed by atoms with van der Waals surface area (Å²) in [5.74, 6) is 0.445. The first-order chi connectivity index (χ1) is 15.4. The Balaban J connectivity index is 0.000000668. The van der Waals surface area contributed by atoms with Crippen LogP contribution in [-0.4, -0.2) is 24.8 Å². The van der Waals surface area contributed by atoms with Crippen molar-refractivity contribution < 1.29 is 9.47 Å². The summed E-state index contributed by atoms with van der Waals surface area (Å²) in [5.41, 5.74) is 4.25. The van der Waals surface area contributed by atoms with Gasteiger partial charge >= 0.3 is 0 Å². The molecular formula is C24H18Cl3NO3S. The molecule has 0 aliphatic heterocycles. The second-order valence-corrected chi connectivity index (χ2v) is 8.06. The van der Waals surface area contributed by atoms with Crippen LogP contribution < -0.4 is 10.3 Å². The molecule has 1 heterocycles. The fourth-order valence-corrected chi connectivity index (χ4v) is 3.84. The summed E-state index contributed by atoms with van der Waals surface area (Å²) >= 11 is 22.9. The van der Waals surface area contributed by atoms with Crippen molar-refractivity contribution in [3.05, 3.63) is 86.1 Å². The van der Waals surface area contributed by atoms with Gasteiger partial charge in [-0.25, -0.2) is 0 Å². The predicted molar refractivity (Wildman–Crippen MR) is 138 cm³/mol. The molecule has 0 aliphatic carbocycles. The Morgan fingerprint density at radius 1 is 0.906 bits per heavy atom. The molecule has 4 nitrogen and oxygen atoms in total. The van der Waals surface area contributed by atoms with Crippen molar-refractivity contribution in [1.82, 2.24) is 4.98 Å². The summed E-state index contributed by atoms with van der Waals surface area (Å²) < 4.78 is 9.84. The zero-order chi connectivity index (χ0) is 23.3. The van der Waals surface area contributed by atoms with Crippen LogP contribution >= 0.6 is 47.0 Å². The molecule has 1 N–H and O–H groups in total. The van der Waals surface area contributed by atoms with Gasteiger partial charge in [0.25, 0.3) is 5.56 Å². The van der Waals surface area contributed by atoms with Crippen molar-refractivity contribution in [3.63, 3.8) is 0 Å². The first-order valence-corrected chi connectivity index (χ1v) is 10.9. The van der Waals surface area contributed by atoms with Gasteiger partial charge in [-0.15, -0.1) is 0 Å². The lowest BCUT2D eigenvalue weighted by molar-refractivity contribution is 0.420. The molecule has 0 spiro atoms. The molecule has 0 fully saturated rings. The minimum atomic E-state index is -0.309. The number of benzene rings is 3. The number of aromatic nitrogens is 1. The van der Waals surface area contributed by atoms with Crippen LogP contribution in [0.15, 0.2) is 65.5 Å². The number of H-pyrrole nitrogens is 1. The highest BCUT2D eigenvalue weighted by molar-refractivity contribution is 7.78. The monoisotopic (exact) mass is 505 g/mol. The molecule has 32 heavy (non-hydrogen) atoms. The van der Waals surface area contributed by atoms with Crippen LogP contribution in [0, 0.1) is 0 Å². The van der Waals surface area contributed by atoms with Crippen LogP contribution in [0.3, 0.4) is 0 Å². The van der Waals surface area contributed by atoms with E-state index in [1.165, 1.54) is 19.8 Å². The lowest BCUT2D eigenvalue weighted by Crippen LogP contribution is -2.11. The number of methoxy groups -OCH3 is 2. The van der Waals surface area contributed by atoms with E-state index in [1.807, 2.05) is 42.5 Å². The highest BCUT2D eigenvalue weighted by atomic mass is 35.5. The average Bonchev–Trinajstić information content (AvgIpc) is 2.78. The quantitative estimate of drug-likeness (QED) is 0.293. The molecule has 1 aromatic heterocycles. The van der Waals surface area contributed by atoms with Crippen molar-refractivity contribution in [2.24, 2.45) is 0 Å². The van der Waals surface area contributed by atoms with Gasteiger partial charge in [-0.1, -0.05) is 53.0 Å². The summed E-state index contributed by atoms with van der Waals surface area (Å²) in [6, 6.07) is 18.3. The van der Waals surface area contributed by atoms with E-state index in [0.29, 0.717) is 37.5 Å². The molecule has 0 amide bonds. The summed E-state index contributed by atoms with van der Waals surface area (Å²) in [5, 5.41) is 2.35. The molecule has 164 valence electrons. The normalized spacial score (nSPS) is 10.3. The van der Waals surface area contributed by atoms with Gasteiger partial charge in [-0.05, 0) is 65.8 Å². The number of rotatable bonds is 4. The molecule has 0 bridgehead atoms. The highest BCUT2D eigenvalue weighted by Crippen LogP contribution is 2.39. The Bertz CT molecular complexity index is 1340. The van der Waals surface area contributed by atoms with Crippen molar-refractivity contribution in [2.45, 2.75) is 0 Å². The number of pyridine rings is 1. The van der Waals surface area contributed by atoms with Gasteiger partial charge < -0.3 is 14.5 Å². The molecule has 4 aromatic rings. The highest BCUT2D eigenvalue weighted by Gasteiger charge is 2.18. The molecule has 3 aromatic carbocycles. The molecule has 0 unspecified atom stereocenters. The van der Waals surface area contributed by atoms with Gasteiger partial charge in [0.1, 0.15) is 11.3 Å². The second-order valence-electron chi connectivity index (χ2n) is 6.59. The smallest absolute Gasteiger partial charge is 0.260 e. The molecule has 0 atom stereocenters. The molecule has 0 aliphatic rings. The van der Waals surface area contributed by atoms with Gasteiger partial charge in [0.05, 0.1) is 25.3 Å². The number of fused-ring (bicyclic) bond motifs is 1. The van der Waals surface area contributed by atoms with Crippen LogP contribution in [-0.2, 0) is 4.74 Å². The lowest BCUT2D eigenvalue weighted by atomic mass is 9.98. The molecule has 4 rings (SSSR count). The first-order valence-electron chi connectivity index (χ1n) is 9.31. The number of thiocarbonyl (C=S) groups is 1. The number of nitrogens with one attached hydrogen (secondary N) is 1. The third-order valence-corrected chi connectivity index (χ3v) is 5.61. The van der Waals surface area contributed by atoms with Crippen LogP contribution in [0.4, 0.5) is 0 Å². The third kappa shape index (κ3) is 5.25. The van der Waals surface area contributed by atoms with Crippen molar-refractivity contribution in [1.29, 1.82) is 0 Å². The lowest BCUT2D eigenvalue weighted by Gasteiger charge is -2.14. The SMILES string of the molecule is COC=S.COc1c(-c2cc(-c3cccc(Cl)c3)ccc2Cl)c(=O)[nH]c2cc(Cl)ccc12. The largest absolute Gasteiger partial charge is 0.495 e. The maximum Gasteiger partial charge on any atom is 0.260 e. The van der Waals surface area contributed by atoms with Crippen molar-refractivity contribution in [3.8, 4) is 28.0 Å². The molecule has 8 heteroatoms. The van der Waals surface area contributed by atoms with Gasteiger partial charge in [0.2, 0.25) is 0 Å². The van der Waals surface area contributed by atoms with E-state index in [-0.39, 0.29) is 5.56 Å². The zero-order valence-corrected chi connectivity index (χ0v) is 20.2. The number of halogens is 3. The van der Waals surface area contributed by atoms with Gasteiger partial charge in [-0.2, -0.15) is 0 Å². The second kappa shape index (κ2) is 10.8. The van der Waals surface area contributed by atoms with E-state index >= 15 is 0 Å². The van der Waals surface area contributed by atoms with Gasteiger partial charge in [-0.3, -0.25) is 4.79 Å². The third-order valence-electron chi connectivity index (χ3n) is 4.62. The zero-order valence-electron chi connectivity index (χ0n) is 17.1. The van der Waals surface area contributed by atoms with Crippen LogP contribution in [0.2, 0.25) is 15.1 Å². The van der Waals surface area contributed by atoms with Crippen LogP contribution in [0.25, 0.3) is 33.2 Å². The Morgan fingerprint density at radius 2 is 1.59 bits per heavy atom. The predicted octanol–water partition coefficient (Wildman–Crippen LogP) is 7.42. The Labute approximate surface area is 205 Å². The first kappa shape index (κ1) is 24.1. The standard InChI is InChI=1S/C22H14Cl3NO2.C2H4OS/c1-28-21-16-7-6-15(24)11-19(16)26-22(27)20(21)17-10-13(5-8-18(17)25)12-3-2-4-14(23)9-12;1-3-2-4/h2-11H,1H3,(H,26,27);2H,1H3. The maximum atomic E-state index is 12.9. The van der Waals surface area contributed by atoms with Crippen LogP contribution in [0.5, 0.6) is 5.75 Å². The van der Waals surface area contributed by atoms with E-state index in [9.17, 15) is 4.79 Å². The molecule has 0 saturated heterocycles. The van der Waals surface area contributed by atoms with E-state index in [1.54, 1.807) is 18.2 Å². The van der Waals surface area contributed by atoms with Crippen LogP contribution in [0.1, 0.15) is 0 Å². The number of hydrogen-bond donors (Lipinski definition) is 1. The Morgan fingerprint density at radius 3 is 2.25 bits per heavy atom. The summed E-state index contributed by atoms with van der Waals surface area (Å²) in [6.45, 7) is 0. The van der Waals surface area contributed by atoms with E-state index in [4.69, 9.17) is 39.5 Å². The van der Waals surface area contributed by atoms with Gasteiger partial charge in [0, 0.05) is 26.0 Å². The topological polar surface area (TPSA) is 51.3 Å². The van der Waals surface area contributed by atoms with Crippen molar-refractivity contribution in [2.75, 3.05) is 14.2 Å². The van der Waals surface area contributed by atoms with E-state index < -0.39 is 0 Å². The number of ether oxygens (including phenoxy) is 2. The summed E-state index contributed by atoms with van der Waals surface area (Å²) in [6.07, 6.45) is 0. The minimum Gasteiger partial charge on any atom is -0.495 e. The fourth-order valence-electron chi connectivity index (χ4n) is 3.26. The minimum absolute atomic E-state index is 0.309. The summed E-state index contributed by atoms with van der Waals surface area (Å²) in [7, 11) is 3.05. The molecule has 0 saturated carbocycles. The molecule has 0 radical (unpaired) electrons. The number of hydrogen-bond acceptors (Lipinski definition) is 4. The van der Waals surface area contributed by atoms with E-state index in [0.717, 1.165) is 16.5 Å². The van der Waals surface area contributed by atoms with Gasteiger partial charge in [0.15, 0.2) is 0 Å². The Kier molecular flexibility index (Phi) is 8.15. The Hall–Kier alpha value is -2.57. The summed E-state index contributed by atoms with van der Waals surface area (Å²) in [4.78, 5) is 15.8. The fraction of sp³-hybridized carbons (Fsp3) is 0.0833. The van der Waals surface area contributed by atoms with Crippen molar-refractivity contribution >= 4 is 63.5 Å². The van der Waals surface area contributed by atoms with E-state index in [2.05, 4.69) is 21.9 Å². The maximum absolute atomic E-state index is 12.9.